The molecule has 0 aliphatic carbocycles. The van der Waals surface area contributed by atoms with Gasteiger partial charge in [-0.2, -0.15) is 0 Å². The first-order valence-electron chi connectivity index (χ1n) is 7.05. The summed E-state index contributed by atoms with van der Waals surface area (Å²) in [7, 11) is 0. The SMILES string of the molecule is CC(C)(C)c1nc(CN2CCN(C(=O)CN)CC2)cs1.Cl.Cl. The Labute approximate surface area is 149 Å². The smallest absolute Gasteiger partial charge is 0.236 e. The molecule has 2 heterocycles. The number of carbonyl (C=O) groups is 1. The molecule has 1 aliphatic heterocycles. The van der Waals surface area contributed by atoms with Gasteiger partial charge >= 0.3 is 0 Å². The summed E-state index contributed by atoms with van der Waals surface area (Å²) in [6.07, 6.45) is 0. The zero-order valence-corrected chi connectivity index (χ0v) is 15.8. The van der Waals surface area contributed by atoms with Crippen molar-refractivity contribution >= 4 is 42.1 Å². The van der Waals surface area contributed by atoms with Crippen molar-refractivity contribution in [2.75, 3.05) is 32.7 Å². The molecule has 128 valence electrons. The predicted molar refractivity (Wildman–Crippen MR) is 96.2 cm³/mol. The number of amides is 1. The summed E-state index contributed by atoms with van der Waals surface area (Å²) in [4.78, 5) is 20.4. The summed E-state index contributed by atoms with van der Waals surface area (Å²) in [5.74, 6) is 0.0494. The summed E-state index contributed by atoms with van der Waals surface area (Å²) in [6, 6.07) is 0. The van der Waals surface area contributed by atoms with Crippen LogP contribution < -0.4 is 5.73 Å². The Bertz CT molecular complexity index is 468. The number of aromatic nitrogens is 1. The second-order valence-corrected chi connectivity index (χ2v) is 7.11. The number of piperazine rings is 1. The largest absolute Gasteiger partial charge is 0.339 e. The van der Waals surface area contributed by atoms with Gasteiger partial charge in [-0.05, 0) is 0 Å². The van der Waals surface area contributed by atoms with Crippen LogP contribution in [0, 0.1) is 0 Å². The van der Waals surface area contributed by atoms with Gasteiger partial charge in [-0.1, -0.05) is 20.8 Å². The molecule has 0 atom stereocenters. The second kappa shape index (κ2) is 9.03. The highest BCUT2D eigenvalue weighted by atomic mass is 35.5. The van der Waals surface area contributed by atoms with Crippen LogP contribution in [0.3, 0.4) is 0 Å². The van der Waals surface area contributed by atoms with E-state index in [0.717, 1.165) is 38.4 Å². The Morgan fingerprint density at radius 1 is 1.27 bits per heavy atom. The molecule has 1 fully saturated rings. The number of thiazole rings is 1. The highest BCUT2D eigenvalue weighted by Gasteiger charge is 2.22. The van der Waals surface area contributed by atoms with Crippen LogP contribution in [0.4, 0.5) is 0 Å². The molecule has 1 aromatic heterocycles. The van der Waals surface area contributed by atoms with Crippen LogP contribution in [0.1, 0.15) is 31.5 Å². The van der Waals surface area contributed by atoms with Gasteiger partial charge in [0.25, 0.3) is 0 Å². The van der Waals surface area contributed by atoms with Gasteiger partial charge in [0.05, 0.1) is 17.2 Å². The molecule has 1 aromatic rings. The fourth-order valence-corrected chi connectivity index (χ4v) is 3.14. The van der Waals surface area contributed by atoms with Crippen LogP contribution >= 0.6 is 36.2 Å². The monoisotopic (exact) mass is 368 g/mol. The van der Waals surface area contributed by atoms with E-state index in [1.165, 1.54) is 5.01 Å². The first-order chi connectivity index (χ1) is 9.40. The quantitative estimate of drug-likeness (QED) is 0.884. The molecular formula is C14H26Cl2N4OS. The van der Waals surface area contributed by atoms with Crippen molar-refractivity contribution in [3.05, 3.63) is 16.1 Å². The third-order valence-corrected chi connectivity index (χ3v) is 4.80. The van der Waals surface area contributed by atoms with Crippen LogP contribution in [0.5, 0.6) is 0 Å². The fourth-order valence-electron chi connectivity index (χ4n) is 2.24. The number of nitrogens with two attached hydrogens (primary N) is 1. The van der Waals surface area contributed by atoms with Crippen molar-refractivity contribution in [3.63, 3.8) is 0 Å². The highest BCUT2D eigenvalue weighted by molar-refractivity contribution is 7.09. The Kier molecular flexibility index (Phi) is 8.87. The molecule has 0 aromatic carbocycles. The maximum absolute atomic E-state index is 11.5. The number of rotatable bonds is 3. The van der Waals surface area contributed by atoms with Crippen LogP contribution in [0.25, 0.3) is 0 Å². The lowest BCUT2D eigenvalue weighted by Gasteiger charge is -2.34. The molecule has 0 spiro atoms. The van der Waals surface area contributed by atoms with E-state index < -0.39 is 0 Å². The van der Waals surface area contributed by atoms with Gasteiger partial charge in [-0.3, -0.25) is 9.69 Å². The van der Waals surface area contributed by atoms with Crippen molar-refractivity contribution in [2.24, 2.45) is 5.73 Å². The molecule has 0 saturated carbocycles. The Balaban J connectivity index is 0.00000220. The summed E-state index contributed by atoms with van der Waals surface area (Å²) < 4.78 is 0. The number of hydrogen-bond donors (Lipinski definition) is 1. The lowest BCUT2D eigenvalue weighted by Crippen LogP contribution is -2.49. The van der Waals surface area contributed by atoms with Crippen LogP contribution in [0.15, 0.2) is 5.38 Å². The van der Waals surface area contributed by atoms with Crippen molar-refractivity contribution in [1.82, 2.24) is 14.8 Å². The molecule has 1 aliphatic rings. The van der Waals surface area contributed by atoms with Crippen LogP contribution in [-0.4, -0.2) is 53.4 Å². The number of carbonyl (C=O) groups excluding carboxylic acids is 1. The van der Waals surface area contributed by atoms with E-state index in [4.69, 9.17) is 10.7 Å². The van der Waals surface area contributed by atoms with E-state index in [2.05, 4.69) is 31.1 Å². The van der Waals surface area contributed by atoms with Crippen molar-refractivity contribution in [1.29, 1.82) is 0 Å². The maximum Gasteiger partial charge on any atom is 0.236 e. The minimum atomic E-state index is 0. The fraction of sp³-hybridized carbons (Fsp3) is 0.714. The van der Waals surface area contributed by atoms with Crippen molar-refractivity contribution in [3.8, 4) is 0 Å². The Morgan fingerprint density at radius 3 is 2.32 bits per heavy atom. The third kappa shape index (κ3) is 5.66. The minimum absolute atomic E-state index is 0. The summed E-state index contributed by atoms with van der Waals surface area (Å²) in [6.45, 7) is 10.9. The molecule has 0 radical (unpaired) electrons. The van der Waals surface area contributed by atoms with Crippen molar-refractivity contribution < 1.29 is 4.79 Å². The van der Waals surface area contributed by atoms with Gasteiger partial charge in [0, 0.05) is 43.5 Å². The van der Waals surface area contributed by atoms with Crippen molar-refractivity contribution in [2.45, 2.75) is 32.7 Å². The van der Waals surface area contributed by atoms with E-state index in [1.54, 1.807) is 11.3 Å². The van der Waals surface area contributed by atoms with Gasteiger partial charge in [-0.25, -0.2) is 4.98 Å². The lowest BCUT2D eigenvalue weighted by molar-refractivity contribution is -0.131. The molecule has 1 saturated heterocycles. The van der Waals surface area contributed by atoms with Gasteiger partial charge in [0.1, 0.15) is 0 Å². The van der Waals surface area contributed by atoms with Gasteiger partial charge in [-0.15, -0.1) is 36.2 Å². The molecule has 5 nitrogen and oxygen atoms in total. The van der Waals surface area contributed by atoms with Crippen LogP contribution in [0.2, 0.25) is 0 Å². The Hall–Kier alpha value is -0.400. The minimum Gasteiger partial charge on any atom is -0.339 e. The van der Waals surface area contributed by atoms with E-state index in [-0.39, 0.29) is 42.7 Å². The number of nitrogens with zero attached hydrogens (tertiary/aromatic N) is 3. The average molecular weight is 369 g/mol. The van der Waals surface area contributed by atoms with E-state index in [9.17, 15) is 4.79 Å². The first kappa shape index (κ1) is 21.6. The summed E-state index contributed by atoms with van der Waals surface area (Å²) >= 11 is 1.74. The van der Waals surface area contributed by atoms with E-state index in [1.807, 2.05) is 4.90 Å². The molecule has 2 rings (SSSR count). The molecule has 0 unspecified atom stereocenters. The molecule has 1 amide bonds. The predicted octanol–water partition coefficient (Wildman–Crippen LogP) is 1.89. The maximum atomic E-state index is 11.5. The molecule has 22 heavy (non-hydrogen) atoms. The highest BCUT2D eigenvalue weighted by Crippen LogP contribution is 2.26. The van der Waals surface area contributed by atoms with Gasteiger partial charge < -0.3 is 10.6 Å². The third-order valence-electron chi connectivity index (χ3n) is 3.48. The Morgan fingerprint density at radius 2 is 1.86 bits per heavy atom. The van der Waals surface area contributed by atoms with E-state index in [0.29, 0.717) is 0 Å². The topological polar surface area (TPSA) is 62.5 Å². The lowest BCUT2D eigenvalue weighted by atomic mass is 9.98. The van der Waals surface area contributed by atoms with E-state index >= 15 is 0 Å². The van der Waals surface area contributed by atoms with Gasteiger partial charge in [0.15, 0.2) is 0 Å². The number of hydrogen-bond acceptors (Lipinski definition) is 5. The normalized spacial score (nSPS) is 15.9. The van der Waals surface area contributed by atoms with Crippen LogP contribution in [-0.2, 0) is 16.8 Å². The molecule has 0 bridgehead atoms. The second-order valence-electron chi connectivity index (χ2n) is 6.26. The summed E-state index contributed by atoms with van der Waals surface area (Å²) in [5.41, 5.74) is 6.65. The molecular weight excluding hydrogens is 343 g/mol. The zero-order valence-electron chi connectivity index (χ0n) is 13.4. The van der Waals surface area contributed by atoms with Gasteiger partial charge in [0.2, 0.25) is 5.91 Å². The summed E-state index contributed by atoms with van der Waals surface area (Å²) in [5, 5.41) is 3.34. The standard InChI is InChI=1S/C14H24N4OS.2ClH/c1-14(2,3)13-16-11(10-20-13)9-17-4-6-18(7-5-17)12(19)8-15;;/h10H,4-9,15H2,1-3H3;2*1H. The number of halogens is 2. The first-order valence-corrected chi connectivity index (χ1v) is 7.93. The molecule has 8 heteroatoms. The molecule has 2 N–H and O–H groups in total. The average Bonchev–Trinajstić information content (AvgIpc) is 2.87. The zero-order chi connectivity index (χ0) is 14.8.